The molecule has 0 aliphatic heterocycles. The average Bonchev–Trinajstić information content (AvgIpc) is 2.97. The van der Waals surface area contributed by atoms with E-state index in [1.165, 1.54) is 30.6 Å². The van der Waals surface area contributed by atoms with Crippen molar-refractivity contribution in [2.45, 2.75) is 38.3 Å². The lowest BCUT2D eigenvalue weighted by Gasteiger charge is -2.16. The first-order chi connectivity index (χ1) is 7.88. The average molecular weight is 365 g/mol. The molecule has 2 rings (SSSR count). The maximum atomic E-state index is 4.25. The highest BCUT2D eigenvalue weighted by Gasteiger charge is 2.15. The normalized spacial score (nSPS) is 16.6. The number of guanidine groups is 1. The van der Waals surface area contributed by atoms with Crippen LogP contribution >= 0.6 is 35.3 Å². The standard InChI is InChI=1S/C12H19N3S.HI/c1-13-12(15-10-5-2-3-6-10)14-9-11-7-4-8-16-11;/h4,7-8,10H,2-3,5-6,9H2,1H3,(H2,13,14,15);1H. The number of nitrogens with zero attached hydrogens (tertiary/aromatic N) is 1. The fourth-order valence-corrected chi connectivity index (χ4v) is 2.69. The number of halogens is 1. The molecule has 0 radical (unpaired) electrons. The van der Waals surface area contributed by atoms with Gasteiger partial charge < -0.3 is 10.6 Å². The number of thiophene rings is 1. The van der Waals surface area contributed by atoms with Crippen molar-refractivity contribution in [2.24, 2.45) is 4.99 Å². The Morgan fingerprint density at radius 3 is 2.82 bits per heavy atom. The minimum Gasteiger partial charge on any atom is -0.354 e. The van der Waals surface area contributed by atoms with Crippen LogP contribution in [0.15, 0.2) is 22.5 Å². The second-order valence-electron chi connectivity index (χ2n) is 4.13. The van der Waals surface area contributed by atoms with Crippen LogP contribution in [0, 0.1) is 0 Å². The summed E-state index contributed by atoms with van der Waals surface area (Å²) < 4.78 is 0. The molecule has 0 unspecified atom stereocenters. The molecule has 1 aliphatic carbocycles. The van der Waals surface area contributed by atoms with Crippen LogP contribution < -0.4 is 10.6 Å². The summed E-state index contributed by atoms with van der Waals surface area (Å²) in [6.45, 7) is 0.865. The zero-order valence-corrected chi connectivity index (χ0v) is 13.3. The number of rotatable bonds is 3. The lowest BCUT2D eigenvalue weighted by molar-refractivity contribution is 0.614. The van der Waals surface area contributed by atoms with Gasteiger partial charge in [0.15, 0.2) is 5.96 Å². The molecule has 1 aromatic heterocycles. The minimum absolute atomic E-state index is 0. The molecular formula is C12H20IN3S. The van der Waals surface area contributed by atoms with E-state index in [0.717, 1.165) is 12.5 Å². The van der Waals surface area contributed by atoms with Crippen molar-refractivity contribution >= 4 is 41.3 Å². The second-order valence-corrected chi connectivity index (χ2v) is 5.16. The summed E-state index contributed by atoms with van der Waals surface area (Å²) in [4.78, 5) is 5.59. The fourth-order valence-electron chi connectivity index (χ4n) is 2.04. The van der Waals surface area contributed by atoms with Gasteiger partial charge in [0.05, 0.1) is 6.54 Å². The third kappa shape index (κ3) is 4.83. The predicted octanol–water partition coefficient (Wildman–Crippen LogP) is 2.97. The van der Waals surface area contributed by atoms with Gasteiger partial charge in [0.2, 0.25) is 0 Å². The molecule has 96 valence electrons. The molecule has 2 N–H and O–H groups in total. The van der Waals surface area contributed by atoms with Gasteiger partial charge in [0, 0.05) is 18.0 Å². The molecule has 0 atom stereocenters. The van der Waals surface area contributed by atoms with E-state index >= 15 is 0 Å². The number of aliphatic imine (C=N–C) groups is 1. The SMILES string of the molecule is CN=C(NCc1cccs1)NC1CCCC1.I. The first-order valence-corrected chi connectivity index (χ1v) is 6.76. The molecule has 1 saturated carbocycles. The number of hydrogen-bond donors (Lipinski definition) is 2. The van der Waals surface area contributed by atoms with Crippen LogP contribution in [0.2, 0.25) is 0 Å². The first kappa shape index (κ1) is 14.8. The van der Waals surface area contributed by atoms with Crippen LogP contribution in [0.4, 0.5) is 0 Å². The summed E-state index contributed by atoms with van der Waals surface area (Å²) in [6.07, 6.45) is 5.25. The molecule has 1 aliphatic rings. The summed E-state index contributed by atoms with van der Waals surface area (Å²) in [6, 6.07) is 4.84. The van der Waals surface area contributed by atoms with E-state index in [1.807, 2.05) is 7.05 Å². The van der Waals surface area contributed by atoms with Crippen molar-refractivity contribution in [3.05, 3.63) is 22.4 Å². The van der Waals surface area contributed by atoms with E-state index in [0.29, 0.717) is 6.04 Å². The van der Waals surface area contributed by atoms with Crippen molar-refractivity contribution in [1.29, 1.82) is 0 Å². The Morgan fingerprint density at radius 1 is 1.47 bits per heavy atom. The van der Waals surface area contributed by atoms with Crippen LogP contribution in [-0.4, -0.2) is 19.0 Å². The van der Waals surface area contributed by atoms with Crippen molar-refractivity contribution < 1.29 is 0 Å². The van der Waals surface area contributed by atoms with Crippen LogP contribution in [0.25, 0.3) is 0 Å². The molecular weight excluding hydrogens is 345 g/mol. The molecule has 0 saturated heterocycles. The number of nitrogens with one attached hydrogen (secondary N) is 2. The molecule has 0 spiro atoms. The molecule has 17 heavy (non-hydrogen) atoms. The van der Waals surface area contributed by atoms with E-state index in [1.54, 1.807) is 11.3 Å². The van der Waals surface area contributed by atoms with Crippen molar-refractivity contribution in [1.82, 2.24) is 10.6 Å². The van der Waals surface area contributed by atoms with E-state index in [2.05, 4.69) is 33.1 Å². The van der Waals surface area contributed by atoms with Crippen molar-refractivity contribution in [3.8, 4) is 0 Å². The van der Waals surface area contributed by atoms with E-state index < -0.39 is 0 Å². The Morgan fingerprint density at radius 2 is 2.24 bits per heavy atom. The topological polar surface area (TPSA) is 36.4 Å². The highest BCUT2D eigenvalue weighted by molar-refractivity contribution is 14.0. The highest BCUT2D eigenvalue weighted by Crippen LogP contribution is 2.17. The molecule has 1 aromatic rings. The lowest BCUT2D eigenvalue weighted by Crippen LogP contribution is -2.41. The molecule has 1 fully saturated rings. The van der Waals surface area contributed by atoms with E-state index in [9.17, 15) is 0 Å². The largest absolute Gasteiger partial charge is 0.354 e. The summed E-state index contributed by atoms with van der Waals surface area (Å²) in [5, 5.41) is 8.92. The smallest absolute Gasteiger partial charge is 0.191 e. The predicted molar refractivity (Wildman–Crippen MR) is 85.3 cm³/mol. The summed E-state index contributed by atoms with van der Waals surface area (Å²) >= 11 is 1.77. The Kier molecular flexibility index (Phi) is 6.87. The maximum absolute atomic E-state index is 4.25. The molecule has 5 heteroatoms. The lowest BCUT2D eigenvalue weighted by atomic mass is 10.2. The second kappa shape index (κ2) is 7.92. The van der Waals surface area contributed by atoms with E-state index in [4.69, 9.17) is 0 Å². The van der Waals surface area contributed by atoms with Gasteiger partial charge in [-0.3, -0.25) is 4.99 Å². The zero-order valence-electron chi connectivity index (χ0n) is 10.1. The van der Waals surface area contributed by atoms with Crippen molar-refractivity contribution in [2.75, 3.05) is 7.05 Å². The third-order valence-electron chi connectivity index (χ3n) is 2.93. The Bertz CT molecular complexity index is 332. The Hall–Kier alpha value is -0.300. The summed E-state index contributed by atoms with van der Waals surface area (Å²) in [7, 11) is 1.83. The van der Waals surface area contributed by atoms with E-state index in [-0.39, 0.29) is 24.0 Å². The molecule has 0 bridgehead atoms. The molecule has 0 aromatic carbocycles. The quantitative estimate of drug-likeness (QED) is 0.491. The molecule has 1 heterocycles. The van der Waals surface area contributed by atoms with Gasteiger partial charge >= 0.3 is 0 Å². The van der Waals surface area contributed by atoms with Crippen molar-refractivity contribution in [3.63, 3.8) is 0 Å². The van der Waals surface area contributed by atoms with Gasteiger partial charge in [0.25, 0.3) is 0 Å². The van der Waals surface area contributed by atoms with Gasteiger partial charge in [-0.2, -0.15) is 0 Å². The highest BCUT2D eigenvalue weighted by atomic mass is 127. The van der Waals surface area contributed by atoms with Crippen LogP contribution in [0.5, 0.6) is 0 Å². The van der Waals surface area contributed by atoms with Gasteiger partial charge in [-0.05, 0) is 24.3 Å². The Labute approximate surface area is 124 Å². The zero-order chi connectivity index (χ0) is 11.2. The number of hydrogen-bond acceptors (Lipinski definition) is 2. The maximum Gasteiger partial charge on any atom is 0.191 e. The summed E-state index contributed by atoms with van der Waals surface area (Å²) in [5.41, 5.74) is 0. The van der Waals surface area contributed by atoms with Gasteiger partial charge in [-0.25, -0.2) is 0 Å². The van der Waals surface area contributed by atoms with Gasteiger partial charge in [-0.15, -0.1) is 35.3 Å². The molecule has 3 nitrogen and oxygen atoms in total. The van der Waals surface area contributed by atoms with Gasteiger partial charge in [0.1, 0.15) is 0 Å². The third-order valence-corrected chi connectivity index (χ3v) is 3.81. The fraction of sp³-hybridized carbons (Fsp3) is 0.583. The summed E-state index contributed by atoms with van der Waals surface area (Å²) in [5.74, 6) is 0.931. The monoisotopic (exact) mass is 365 g/mol. The molecule has 0 amide bonds. The van der Waals surface area contributed by atoms with Crippen LogP contribution in [0.1, 0.15) is 30.6 Å². The van der Waals surface area contributed by atoms with Crippen LogP contribution in [0.3, 0.4) is 0 Å². The van der Waals surface area contributed by atoms with Gasteiger partial charge in [-0.1, -0.05) is 18.9 Å². The Balaban J connectivity index is 0.00000144. The minimum atomic E-state index is 0. The van der Waals surface area contributed by atoms with Crippen LogP contribution in [-0.2, 0) is 6.54 Å². The first-order valence-electron chi connectivity index (χ1n) is 5.88.